The standard InChI is InChI=1S/C16H21ClN2O/c1-16(2,20)11-7-8-19(9-11)10-14-15(17)12-5-3-4-6-13(12)18-14/h3-6,11,18,20H,7-10H2,1-2H3/t11-/m0/s1. The van der Waals surface area contributed by atoms with Crippen LogP contribution in [0.2, 0.25) is 5.02 Å². The van der Waals surface area contributed by atoms with Crippen molar-refractivity contribution in [3.05, 3.63) is 35.0 Å². The quantitative estimate of drug-likeness (QED) is 0.910. The Labute approximate surface area is 124 Å². The third-order valence-corrected chi connectivity index (χ3v) is 4.80. The van der Waals surface area contributed by atoms with Crippen LogP contribution >= 0.6 is 11.6 Å². The number of nitrogens with one attached hydrogen (secondary N) is 1. The second kappa shape index (κ2) is 5.06. The van der Waals surface area contributed by atoms with E-state index in [1.807, 2.05) is 38.1 Å². The van der Waals surface area contributed by atoms with Crippen LogP contribution in [0, 0.1) is 5.92 Å². The lowest BCUT2D eigenvalue weighted by molar-refractivity contribution is 0.0207. The highest BCUT2D eigenvalue weighted by atomic mass is 35.5. The molecule has 1 atom stereocenters. The van der Waals surface area contributed by atoms with Gasteiger partial charge in [-0.05, 0) is 32.9 Å². The van der Waals surface area contributed by atoms with Gasteiger partial charge >= 0.3 is 0 Å². The van der Waals surface area contributed by atoms with Gasteiger partial charge in [-0.2, -0.15) is 0 Å². The van der Waals surface area contributed by atoms with E-state index in [1.165, 1.54) is 0 Å². The fourth-order valence-corrected chi connectivity index (χ4v) is 3.32. The van der Waals surface area contributed by atoms with E-state index >= 15 is 0 Å². The molecular weight excluding hydrogens is 272 g/mol. The van der Waals surface area contributed by atoms with Gasteiger partial charge in [0.25, 0.3) is 0 Å². The van der Waals surface area contributed by atoms with Crippen LogP contribution in [0.4, 0.5) is 0 Å². The van der Waals surface area contributed by atoms with Crippen LogP contribution in [0.15, 0.2) is 24.3 Å². The molecule has 1 aromatic heterocycles. The zero-order valence-electron chi connectivity index (χ0n) is 12.0. The third-order valence-electron chi connectivity index (χ3n) is 4.37. The van der Waals surface area contributed by atoms with Crippen LogP contribution in [0.3, 0.4) is 0 Å². The average Bonchev–Trinajstić information content (AvgIpc) is 2.97. The summed E-state index contributed by atoms with van der Waals surface area (Å²) >= 11 is 6.45. The van der Waals surface area contributed by atoms with Gasteiger partial charge in [0.2, 0.25) is 0 Å². The summed E-state index contributed by atoms with van der Waals surface area (Å²) in [4.78, 5) is 5.77. The van der Waals surface area contributed by atoms with Crippen molar-refractivity contribution < 1.29 is 5.11 Å². The summed E-state index contributed by atoms with van der Waals surface area (Å²) in [7, 11) is 0. The number of aromatic nitrogens is 1. The van der Waals surface area contributed by atoms with Crippen molar-refractivity contribution in [2.24, 2.45) is 5.92 Å². The molecule has 2 heterocycles. The molecule has 108 valence electrons. The van der Waals surface area contributed by atoms with Gasteiger partial charge in [-0.15, -0.1) is 0 Å². The van der Waals surface area contributed by atoms with Gasteiger partial charge < -0.3 is 10.1 Å². The normalized spacial score (nSPS) is 20.9. The Hall–Kier alpha value is -1.03. The SMILES string of the molecule is CC(C)(O)[C@H]1CCN(Cc2[nH]c3ccccc3c2Cl)C1. The number of benzene rings is 1. The molecule has 0 aliphatic carbocycles. The Bertz CT molecular complexity index is 614. The van der Waals surface area contributed by atoms with Gasteiger partial charge in [-0.1, -0.05) is 29.8 Å². The number of nitrogens with zero attached hydrogens (tertiary/aromatic N) is 1. The minimum Gasteiger partial charge on any atom is -0.390 e. The lowest BCUT2D eigenvalue weighted by atomic mass is 9.90. The number of hydrogen-bond donors (Lipinski definition) is 2. The lowest BCUT2D eigenvalue weighted by Gasteiger charge is -2.25. The van der Waals surface area contributed by atoms with E-state index in [2.05, 4.69) is 9.88 Å². The summed E-state index contributed by atoms with van der Waals surface area (Å²) < 4.78 is 0. The molecule has 3 rings (SSSR count). The minimum atomic E-state index is -0.598. The highest BCUT2D eigenvalue weighted by Crippen LogP contribution is 2.31. The largest absolute Gasteiger partial charge is 0.390 e. The number of aromatic amines is 1. The molecule has 4 heteroatoms. The van der Waals surface area contributed by atoms with E-state index in [4.69, 9.17) is 11.6 Å². The van der Waals surface area contributed by atoms with Crippen molar-refractivity contribution in [1.29, 1.82) is 0 Å². The van der Waals surface area contributed by atoms with Crippen molar-refractivity contribution in [2.45, 2.75) is 32.4 Å². The topological polar surface area (TPSA) is 39.3 Å². The molecule has 0 saturated carbocycles. The van der Waals surface area contributed by atoms with Crippen molar-refractivity contribution in [2.75, 3.05) is 13.1 Å². The van der Waals surface area contributed by atoms with Crippen molar-refractivity contribution in [3.8, 4) is 0 Å². The predicted octanol–water partition coefficient (Wildman–Crippen LogP) is 3.41. The van der Waals surface area contributed by atoms with Gasteiger partial charge in [0.05, 0.1) is 10.6 Å². The third kappa shape index (κ3) is 2.58. The molecule has 2 N–H and O–H groups in total. The molecule has 0 bridgehead atoms. The zero-order chi connectivity index (χ0) is 14.3. The highest BCUT2D eigenvalue weighted by Gasteiger charge is 2.33. The minimum absolute atomic E-state index is 0.339. The van der Waals surface area contributed by atoms with Crippen LogP contribution in [0.25, 0.3) is 10.9 Å². The molecule has 0 unspecified atom stereocenters. The van der Waals surface area contributed by atoms with E-state index < -0.39 is 5.60 Å². The Morgan fingerprint density at radius 3 is 2.80 bits per heavy atom. The molecule has 1 aliphatic rings. The number of halogens is 1. The number of hydrogen-bond acceptors (Lipinski definition) is 2. The first-order valence-corrected chi connectivity index (χ1v) is 7.53. The molecule has 0 radical (unpaired) electrons. The van der Waals surface area contributed by atoms with Gasteiger partial charge in [0.1, 0.15) is 0 Å². The van der Waals surface area contributed by atoms with Gasteiger partial charge in [0.15, 0.2) is 0 Å². The van der Waals surface area contributed by atoms with E-state index in [9.17, 15) is 5.11 Å². The molecule has 1 aliphatic heterocycles. The summed E-state index contributed by atoms with van der Waals surface area (Å²) in [5, 5.41) is 12.0. The maximum atomic E-state index is 10.1. The highest BCUT2D eigenvalue weighted by molar-refractivity contribution is 6.36. The van der Waals surface area contributed by atoms with E-state index in [0.29, 0.717) is 5.92 Å². The smallest absolute Gasteiger partial charge is 0.0705 e. The Balaban J connectivity index is 1.76. The van der Waals surface area contributed by atoms with E-state index in [1.54, 1.807) is 0 Å². The Kier molecular flexibility index (Phi) is 3.53. The number of likely N-dealkylation sites (tertiary alicyclic amines) is 1. The Morgan fingerprint density at radius 2 is 2.15 bits per heavy atom. The molecule has 3 nitrogen and oxygen atoms in total. The molecule has 2 aromatic rings. The fraction of sp³-hybridized carbons (Fsp3) is 0.500. The fourth-order valence-electron chi connectivity index (χ4n) is 3.05. The molecule has 1 fully saturated rings. The number of aliphatic hydroxyl groups is 1. The van der Waals surface area contributed by atoms with Crippen LogP contribution in [-0.4, -0.2) is 33.7 Å². The lowest BCUT2D eigenvalue weighted by Crippen LogP contribution is -2.33. The number of rotatable bonds is 3. The summed E-state index contributed by atoms with van der Waals surface area (Å²) in [5.74, 6) is 0.339. The summed E-state index contributed by atoms with van der Waals surface area (Å²) in [6.45, 7) is 6.56. The second-order valence-electron chi connectivity index (χ2n) is 6.34. The first kappa shape index (κ1) is 13.9. The monoisotopic (exact) mass is 292 g/mol. The first-order valence-electron chi connectivity index (χ1n) is 7.15. The first-order chi connectivity index (χ1) is 9.45. The van der Waals surface area contributed by atoms with E-state index in [-0.39, 0.29) is 0 Å². The van der Waals surface area contributed by atoms with Gasteiger partial charge in [0, 0.05) is 35.6 Å². The number of H-pyrrole nitrogens is 1. The van der Waals surface area contributed by atoms with Crippen molar-refractivity contribution >= 4 is 22.5 Å². The van der Waals surface area contributed by atoms with E-state index in [0.717, 1.165) is 47.7 Å². The summed E-state index contributed by atoms with van der Waals surface area (Å²) in [6.07, 6.45) is 1.04. The zero-order valence-corrected chi connectivity index (χ0v) is 12.7. The molecular formula is C16H21ClN2O. The molecule has 0 spiro atoms. The molecule has 1 aromatic carbocycles. The maximum absolute atomic E-state index is 10.1. The van der Waals surface area contributed by atoms with Crippen LogP contribution in [0.5, 0.6) is 0 Å². The molecule has 20 heavy (non-hydrogen) atoms. The predicted molar refractivity (Wildman–Crippen MR) is 83.0 cm³/mol. The number of fused-ring (bicyclic) bond motifs is 1. The number of para-hydroxylation sites is 1. The van der Waals surface area contributed by atoms with Crippen molar-refractivity contribution in [1.82, 2.24) is 9.88 Å². The molecule has 1 saturated heterocycles. The second-order valence-corrected chi connectivity index (χ2v) is 6.72. The summed E-state index contributed by atoms with van der Waals surface area (Å²) in [6, 6.07) is 8.11. The Morgan fingerprint density at radius 1 is 1.40 bits per heavy atom. The maximum Gasteiger partial charge on any atom is 0.0705 e. The van der Waals surface area contributed by atoms with Gasteiger partial charge in [-0.25, -0.2) is 0 Å². The van der Waals surface area contributed by atoms with Crippen LogP contribution < -0.4 is 0 Å². The van der Waals surface area contributed by atoms with Crippen molar-refractivity contribution in [3.63, 3.8) is 0 Å². The van der Waals surface area contributed by atoms with Crippen LogP contribution in [-0.2, 0) is 6.54 Å². The average molecular weight is 293 g/mol. The summed E-state index contributed by atoms with van der Waals surface area (Å²) in [5.41, 5.74) is 1.56. The van der Waals surface area contributed by atoms with Crippen LogP contribution in [0.1, 0.15) is 26.0 Å². The molecule has 0 amide bonds. The van der Waals surface area contributed by atoms with Gasteiger partial charge in [-0.3, -0.25) is 4.90 Å².